The minimum absolute atomic E-state index is 0.459. The lowest BCUT2D eigenvalue weighted by Gasteiger charge is -2.38. The number of aryl methyl sites for hydroxylation is 1. The third-order valence-electron chi connectivity index (χ3n) is 4.74. The fourth-order valence-corrected chi connectivity index (χ4v) is 3.60. The molecule has 0 amide bonds. The molecule has 0 N–H and O–H groups in total. The Morgan fingerprint density at radius 2 is 1.77 bits per heavy atom. The summed E-state index contributed by atoms with van der Waals surface area (Å²) >= 11 is 0. The van der Waals surface area contributed by atoms with Crippen molar-refractivity contribution in [2.45, 2.75) is 25.8 Å². The zero-order valence-electron chi connectivity index (χ0n) is 12.8. The quantitative estimate of drug-likeness (QED) is 0.840. The van der Waals surface area contributed by atoms with Crippen molar-refractivity contribution in [3.63, 3.8) is 0 Å². The fourth-order valence-electron chi connectivity index (χ4n) is 3.60. The van der Waals surface area contributed by atoms with E-state index in [4.69, 9.17) is 0 Å². The first-order valence-corrected chi connectivity index (χ1v) is 7.89. The van der Waals surface area contributed by atoms with E-state index in [2.05, 4.69) is 29.7 Å². The van der Waals surface area contributed by atoms with E-state index in [0.717, 1.165) is 43.1 Å². The van der Waals surface area contributed by atoms with Gasteiger partial charge >= 0.3 is 0 Å². The summed E-state index contributed by atoms with van der Waals surface area (Å²) in [5, 5.41) is 0. The maximum Gasteiger partial charge on any atom is 0.225 e. The second-order valence-corrected chi connectivity index (χ2v) is 6.09. The molecule has 2 aromatic heterocycles. The van der Waals surface area contributed by atoms with Crippen molar-refractivity contribution in [1.29, 1.82) is 0 Å². The Morgan fingerprint density at radius 3 is 2.59 bits per heavy atom. The van der Waals surface area contributed by atoms with Crippen LogP contribution in [-0.2, 0) is 0 Å². The zero-order chi connectivity index (χ0) is 14.9. The molecule has 2 aromatic rings. The van der Waals surface area contributed by atoms with E-state index in [1.807, 2.05) is 37.6 Å². The number of piperidine rings is 1. The maximum absolute atomic E-state index is 4.57. The number of hydrogen-bond donors (Lipinski definition) is 0. The van der Waals surface area contributed by atoms with Gasteiger partial charge in [0, 0.05) is 43.9 Å². The average molecular weight is 296 g/mol. The van der Waals surface area contributed by atoms with E-state index < -0.39 is 0 Å². The molecule has 0 aliphatic carbocycles. The van der Waals surface area contributed by atoms with E-state index in [0.29, 0.717) is 6.04 Å². The normalized spacial score (nSPS) is 24.4. The second-order valence-electron chi connectivity index (χ2n) is 6.09. The Balaban J connectivity index is 1.57. The lowest BCUT2D eigenvalue weighted by atomic mass is 9.92. The Kier molecular flexibility index (Phi) is 3.36. The van der Waals surface area contributed by atoms with Crippen molar-refractivity contribution in [2.75, 3.05) is 29.4 Å². The summed E-state index contributed by atoms with van der Waals surface area (Å²) in [5.74, 6) is 2.42. The molecule has 2 unspecified atom stereocenters. The van der Waals surface area contributed by atoms with Gasteiger partial charge in [-0.05, 0) is 37.8 Å². The molecular weight excluding hydrogens is 276 g/mol. The van der Waals surface area contributed by atoms with Crippen LogP contribution in [0.1, 0.15) is 18.5 Å². The lowest BCUT2D eigenvalue weighted by Crippen LogP contribution is -2.49. The van der Waals surface area contributed by atoms with Crippen LogP contribution in [0.15, 0.2) is 30.7 Å². The van der Waals surface area contributed by atoms with Gasteiger partial charge in [-0.25, -0.2) is 19.9 Å². The molecular formula is C16H20N6. The summed E-state index contributed by atoms with van der Waals surface area (Å²) in [6, 6.07) is 4.26. The average Bonchev–Trinajstić information content (AvgIpc) is 2.99. The molecule has 0 spiro atoms. The number of hydrogen-bond acceptors (Lipinski definition) is 6. The highest BCUT2D eigenvalue weighted by Gasteiger charge is 2.40. The summed E-state index contributed by atoms with van der Waals surface area (Å²) in [5.41, 5.74) is 1.02. The number of rotatable bonds is 2. The number of anilines is 2. The van der Waals surface area contributed by atoms with Gasteiger partial charge in [0.1, 0.15) is 0 Å². The standard InChI is InChI=1S/C16H20N6/c1-12-3-8-19-16(20-12)21-9-4-13-5-10-22(14(13)11-21)15-17-6-2-7-18-15/h2-3,6-8,13-14H,4-5,9-11H2,1H3. The van der Waals surface area contributed by atoms with Crippen LogP contribution >= 0.6 is 0 Å². The molecule has 2 fully saturated rings. The van der Waals surface area contributed by atoms with Gasteiger partial charge in [0.15, 0.2) is 0 Å². The Hall–Kier alpha value is -2.24. The molecule has 22 heavy (non-hydrogen) atoms. The molecule has 2 aliphatic heterocycles. The van der Waals surface area contributed by atoms with E-state index in [1.54, 1.807) is 0 Å². The lowest BCUT2D eigenvalue weighted by molar-refractivity contribution is 0.386. The Bertz CT molecular complexity index is 646. The number of aromatic nitrogens is 4. The largest absolute Gasteiger partial charge is 0.339 e. The van der Waals surface area contributed by atoms with Crippen molar-refractivity contribution in [3.8, 4) is 0 Å². The van der Waals surface area contributed by atoms with Crippen LogP contribution in [0.2, 0.25) is 0 Å². The van der Waals surface area contributed by atoms with Crippen LogP contribution in [0.4, 0.5) is 11.9 Å². The number of nitrogens with zero attached hydrogens (tertiary/aromatic N) is 6. The SMILES string of the molecule is Cc1ccnc(N2CCC3CCN(c4ncccn4)C3C2)n1. The monoisotopic (exact) mass is 296 g/mol. The molecule has 4 rings (SSSR count). The first-order chi connectivity index (χ1) is 10.8. The van der Waals surface area contributed by atoms with Gasteiger partial charge in [-0.1, -0.05) is 0 Å². The highest BCUT2D eigenvalue weighted by molar-refractivity contribution is 5.39. The van der Waals surface area contributed by atoms with Crippen LogP contribution in [0.25, 0.3) is 0 Å². The minimum atomic E-state index is 0.459. The molecule has 0 saturated carbocycles. The van der Waals surface area contributed by atoms with Gasteiger partial charge in [0.2, 0.25) is 11.9 Å². The van der Waals surface area contributed by atoms with Crippen LogP contribution < -0.4 is 9.80 Å². The van der Waals surface area contributed by atoms with E-state index in [1.165, 1.54) is 12.8 Å². The van der Waals surface area contributed by atoms with Crippen molar-refractivity contribution >= 4 is 11.9 Å². The predicted molar refractivity (Wildman–Crippen MR) is 84.9 cm³/mol. The molecule has 4 heterocycles. The first-order valence-electron chi connectivity index (χ1n) is 7.89. The van der Waals surface area contributed by atoms with Crippen LogP contribution in [0, 0.1) is 12.8 Å². The van der Waals surface area contributed by atoms with Crippen molar-refractivity contribution in [3.05, 3.63) is 36.4 Å². The third-order valence-corrected chi connectivity index (χ3v) is 4.74. The van der Waals surface area contributed by atoms with Gasteiger partial charge in [-0.3, -0.25) is 0 Å². The van der Waals surface area contributed by atoms with Gasteiger partial charge in [-0.15, -0.1) is 0 Å². The molecule has 6 heteroatoms. The molecule has 6 nitrogen and oxygen atoms in total. The third kappa shape index (κ3) is 2.38. The zero-order valence-corrected chi connectivity index (χ0v) is 12.8. The minimum Gasteiger partial charge on any atom is -0.339 e. The van der Waals surface area contributed by atoms with Gasteiger partial charge < -0.3 is 9.80 Å². The van der Waals surface area contributed by atoms with Gasteiger partial charge in [-0.2, -0.15) is 0 Å². The summed E-state index contributed by atoms with van der Waals surface area (Å²) in [4.78, 5) is 22.5. The number of fused-ring (bicyclic) bond motifs is 1. The second kappa shape index (κ2) is 5.51. The van der Waals surface area contributed by atoms with Gasteiger partial charge in [0.25, 0.3) is 0 Å². The molecule has 0 bridgehead atoms. The predicted octanol–water partition coefficient (Wildman–Crippen LogP) is 1.68. The van der Waals surface area contributed by atoms with E-state index >= 15 is 0 Å². The van der Waals surface area contributed by atoms with Crippen LogP contribution in [0.5, 0.6) is 0 Å². The van der Waals surface area contributed by atoms with Crippen molar-refractivity contribution < 1.29 is 0 Å². The fraction of sp³-hybridized carbons (Fsp3) is 0.500. The molecule has 114 valence electrons. The van der Waals surface area contributed by atoms with E-state index in [-0.39, 0.29) is 0 Å². The highest BCUT2D eigenvalue weighted by atomic mass is 15.3. The molecule has 0 radical (unpaired) electrons. The van der Waals surface area contributed by atoms with Crippen LogP contribution in [-0.4, -0.2) is 45.6 Å². The van der Waals surface area contributed by atoms with Crippen LogP contribution in [0.3, 0.4) is 0 Å². The molecule has 2 atom stereocenters. The highest BCUT2D eigenvalue weighted by Crippen LogP contribution is 2.34. The van der Waals surface area contributed by atoms with Gasteiger partial charge in [0.05, 0.1) is 6.04 Å². The summed E-state index contributed by atoms with van der Waals surface area (Å²) in [7, 11) is 0. The summed E-state index contributed by atoms with van der Waals surface area (Å²) in [6.07, 6.45) is 7.90. The van der Waals surface area contributed by atoms with Crippen molar-refractivity contribution in [2.24, 2.45) is 5.92 Å². The maximum atomic E-state index is 4.57. The van der Waals surface area contributed by atoms with E-state index in [9.17, 15) is 0 Å². The molecule has 2 aliphatic rings. The molecule has 2 saturated heterocycles. The Morgan fingerprint density at radius 1 is 1.00 bits per heavy atom. The molecule has 0 aromatic carbocycles. The smallest absolute Gasteiger partial charge is 0.225 e. The summed E-state index contributed by atoms with van der Waals surface area (Å²) < 4.78 is 0. The first kappa shape index (κ1) is 13.4. The Labute approximate surface area is 130 Å². The topological polar surface area (TPSA) is 58.0 Å². The summed E-state index contributed by atoms with van der Waals surface area (Å²) in [6.45, 7) is 5.04. The van der Waals surface area contributed by atoms with Crippen molar-refractivity contribution in [1.82, 2.24) is 19.9 Å².